The van der Waals surface area contributed by atoms with Gasteiger partial charge in [0.1, 0.15) is 5.75 Å². The first-order valence-electron chi connectivity index (χ1n) is 6.42. The molecule has 5 heteroatoms. The third-order valence-electron chi connectivity index (χ3n) is 2.96. The molecule has 0 aliphatic carbocycles. The minimum Gasteiger partial charge on any atom is -0.427 e. The molecule has 108 valence electrons. The van der Waals surface area contributed by atoms with Crippen molar-refractivity contribution in [1.82, 2.24) is 0 Å². The normalized spacial score (nSPS) is 10.2. The Morgan fingerprint density at radius 1 is 0.952 bits per heavy atom. The first-order valence-corrected chi connectivity index (χ1v) is 6.42. The molecule has 0 unspecified atom stereocenters. The van der Waals surface area contributed by atoms with Crippen LogP contribution in [0.1, 0.15) is 20.8 Å². The van der Waals surface area contributed by atoms with E-state index in [9.17, 15) is 14.4 Å². The number of imide groups is 1. The van der Waals surface area contributed by atoms with Crippen molar-refractivity contribution in [3.05, 3.63) is 36.4 Å². The predicted octanol–water partition coefficient (Wildman–Crippen LogP) is 2.66. The second-order valence-electron chi connectivity index (χ2n) is 4.63. The number of carbonyl (C=O) groups excluding carboxylic acids is 3. The number of fused-ring (bicyclic) bond motifs is 1. The van der Waals surface area contributed by atoms with Crippen LogP contribution in [0.3, 0.4) is 0 Å². The lowest BCUT2D eigenvalue weighted by Crippen LogP contribution is -2.33. The summed E-state index contributed by atoms with van der Waals surface area (Å²) in [4.78, 5) is 35.6. The standard InChI is InChI=1S/C16H15NO4/c1-10(18)17(11(2)19)16-6-4-5-13-7-8-14(9-15(13)16)21-12(3)20/h4-9H,1-3H3. The van der Waals surface area contributed by atoms with Gasteiger partial charge in [-0.3, -0.25) is 19.3 Å². The Morgan fingerprint density at radius 3 is 2.19 bits per heavy atom. The summed E-state index contributed by atoms with van der Waals surface area (Å²) in [5, 5.41) is 1.51. The minimum atomic E-state index is -0.429. The molecule has 21 heavy (non-hydrogen) atoms. The predicted molar refractivity (Wildman–Crippen MR) is 79.1 cm³/mol. The molecule has 0 spiro atoms. The number of esters is 1. The van der Waals surface area contributed by atoms with E-state index in [-0.39, 0.29) is 11.8 Å². The van der Waals surface area contributed by atoms with Crippen LogP contribution < -0.4 is 9.64 Å². The Morgan fingerprint density at radius 2 is 1.62 bits per heavy atom. The molecule has 0 aromatic heterocycles. The molecule has 0 bridgehead atoms. The van der Waals surface area contributed by atoms with Gasteiger partial charge in [0.15, 0.2) is 0 Å². The topological polar surface area (TPSA) is 63.7 Å². The minimum absolute atomic E-state index is 0.368. The summed E-state index contributed by atoms with van der Waals surface area (Å²) in [6.45, 7) is 3.97. The van der Waals surface area contributed by atoms with Crippen LogP contribution in [-0.4, -0.2) is 17.8 Å². The lowest BCUT2D eigenvalue weighted by Gasteiger charge is -2.19. The summed E-state index contributed by atoms with van der Waals surface area (Å²) in [6, 6.07) is 10.4. The van der Waals surface area contributed by atoms with E-state index in [1.165, 1.54) is 20.8 Å². The van der Waals surface area contributed by atoms with E-state index in [2.05, 4.69) is 0 Å². The van der Waals surface area contributed by atoms with Gasteiger partial charge in [0.2, 0.25) is 11.8 Å². The molecule has 0 radical (unpaired) electrons. The number of ether oxygens (including phenoxy) is 1. The molecule has 2 amide bonds. The second kappa shape index (κ2) is 5.75. The fourth-order valence-electron chi connectivity index (χ4n) is 2.22. The van der Waals surface area contributed by atoms with E-state index in [0.29, 0.717) is 16.8 Å². The summed E-state index contributed by atoms with van der Waals surface area (Å²) in [6.07, 6.45) is 0. The number of carbonyl (C=O) groups is 3. The van der Waals surface area contributed by atoms with Gasteiger partial charge in [0.25, 0.3) is 0 Å². The van der Waals surface area contributed by atoms with Crippen LogP contribution in [0.25, 0.3) is 10.8 Å². The van der Waals surface area contributed by atoms with E-state index in [1.54, 1.807) is 30.3 Å². The molecule has 0 saturated carbocycles. The van der Waals surface area contributed by atoms with E-state index in [4.69, 9.17) is 4.74 Å². The van der Waals surface area contributed by atoms with Gasteiger partial charge in [-0.25, -0.2) is 0 Å². The Kier molecular flexibility index (Phi) is 4.03. The highest BCUT2D eigenvalue weighted by atomic mass is 16.5. The van der Waals surface area contributed by atoms with Crippen LogP contribution in [0.15, 0.2) is 36.4 Å². The lowest BCUT2D eigenvalue weighted by molar-refractivity contribution is -0.132. The van der Waals surface area contributed by atoms with E-state index in [1.807, 2.05) is 6.07 Å². The van der Waals surface area contributed by atoms with Crippen molar-refractivity contribution in [2.75, 3.05) is 4.90 Å². The summed E-state index contributed by atoms with van der Waals surface area (Å²) >= 11 is 0. The van der Waals surface area contributed by atoms with Gasteiger partial charge in [0, 0.05) is 26.2 Å². The van der Waals surface area contributed by atoms with Crippen molar-refractivity contribution in [2.24, 2.45) is 0 Å². The van der Waals surface area contributed by atoms with Crippen LogP contribution in [0, 0.1) is 0 Å². The smallest absolute Gasteiger partial charge is 0.308 e. The van der Waals surface area contributed by atoms with E-state index < -0.39 is 5.97 Å². The molecule has 0 N–H and O–H groups in total. The molecule has 5 nitrogen and oxygen atoms in total. The number of amides is 2. The van der Waals surface area contributed by atoms with Crippen molar-refractivity contribution in [3.63, 3.8) is 0 Å². The average molecular weight is 285 g/mol. The fourth-order valence-corrected chi connectivity index (χ4v) is 2.22. The third-order valence-corrected chi connectivity index (χ3v) is 2.96. The average Bonchev–Trinajstić information content (AvgIpc) is 2.37. The third kappa shape index (κ3) is 3.08. The Balaban J connectivity index is 2.64. The van der Waals surface area contributed by atoms with Gasteiger partial charge in [-0.05, 0) is 23.6 Å². The number of nitrogens with zero attached hydrogens (tertiary/aromatic N) is 1. The van der Waals surface area contributed by atoms with Crippen molar-refractivity contribution in [3.8, 4) is 5.75 Å². The number of hydrogen-bond donors (Lipinski definition) is 0. The van der Waals surface area contributed by atoms with Crippen molar-refractivity contribution in [1.29, 1.82) is 0 Å². The van der Waals surface area contributed by atoms with Gasteiger partial charge in [-0.2, -0.15) is 0 Å². The Hall–Kier alpha value is -2.69. The molecule has 0 saturated heterocycles. The summed E-state index contributed by atoms with van der Waals surface area (Å²) in [5.41, 5.74) is 0.474. The highest BCUT2D eigenvalue weighted by Crippen LogP contribution is 2.30. The van der Waals surface area contributed by atoms with Gasteiger partial charge in [0.05, 0.1) is 5.69 Å². The zero-order chi connectivity index (χ0) is 15.6. The fraction of sp³-hybridized carbons (Fsp3) is 0.188. The maximum atomic E-state index is 11.7. The van der Waals surface area contributed by atoms with Gasteiger partial charge in [-0.1, -0.05) is 18.2 Å². The van der Waals surface area contributed by atoms with E-state index >= 15 is 0 Å². The molecule has 0 fully saturated rings. The number of hydrogen-bond acceptors (Lipinski definition) is 4. The molecule has 0 aliphatic rings. The first kappa shape index (κ1) is 14.7. The quantitative estimate of drug-likeness (QED) is 0.628. The second-order valence-corrected chi connectivity index (χ2v) is 4.63. The molecule has 0 heterocycles. The highest BCUT2D eigenvalue weighted by Gasteiger charge is 2.18. The van der Waals surface area contributed by atoms with E-state index in [0.717, 1.165) is 10.3 Å². The van der Waals surface area contributed by atoms with Gasteiger partial charge >= 0.3 is 5.97 Å². The molecule has 2 aromatic rings. The number of rotatable bonds is 2. The molecule has 0 atom stereocenters. The van der Waals surface area contributed by atoms with Crippen LogP contribution in [-0.2, 0) is 14.4 Å². The van der Waals surface area contributed by atoms with Crippen molar-refractivity contribution in [2.45, 2.75) is 20.8 Å². The highest BCUT2D eigenvalue weighted by molar-refractivity contribution is 6.17. The molecule has 2 aromatic carbocycles. The SMILES string of the molecule is CC(=O)Oc1ccc2cccc(N(C(C)=O)C(C)=O)c2c1. The molecular weight excluding hydrogens is 270 g/mol. The Bertz CT molecular complexity index is 722. The first-order chi connectivity index (χ1) is 9.90. The summed E-state index contributed by atoms with van der Waals surface area (Å²) < 4.78 is 5.05. The Labute approximate surface area is 122 Å². The van der Waals surface area contributed by atoms with Crippen LogP contribution in [0.5, 0.6) is 5.75 Å². The maximum absolute atomic E-state index is 11.7. The molecular formula is C16H15NO4. The van der Waals surface area contributed by atoms with Crippen LogP contribution in [0.4, 0.5) is 5.69 Å². The van der Waals surface area contributed by atoms with Crippen molar-refractivity contribution >= 4 is 34.2 Å². The van der Waals surface area contributed by atoms with Crippen LogP contribution in [0.2, 0.25) is 0 Å². The lowest BCUT2D eigenvalue weighted by atomic mass is 10.1. The maximum Gasteiger partial charge on any atom is 0.308 e. The number of anilines is 1. The zero-order valence-corrected chi connectivity index (χ0v) is 12.0. The summed E-state index contributed by atoms with van der Waals surface area (Å²) in [5.74, 6) is -0.794. The van der Waals surface area contributed by atoms with Gasteiger partial charge < -0.3 is 4.74 Å². The van der Waals surface area contributed by atoms with Crippen LogP contribution >= 0.6 is 0 Å². The van der Waals surface area contributed by atoms with Crippen molar-refractivity contribution < 1.29 is 19.1 Å². The van der Waals surface area contributed by atoms with Gasteiger partial charge in [-0.15, -0.1) is 0 Å². The zero-order valence-electron chi connectivity index (χ0n) is 12.0. The molecule has 0 aliphatic heterocycles. The monoisotopic (exact) mass is 285 g/mol. The molecule has 2 rings (SSSR count). The largest absolute Gasteiger partial charge is 0.427 e. The summed E-state index contributed by atoms with van der Waals surface area (Å²) in [7, 11) is 0. The number of benzene rings is 2.